The molecular weight excluding hydrogens is 144 g/mol. The van der Waals surface area contributed by atoms with Crippen molar-refractivity contribution in [3.63, 3.8) is 0 Å². The molecule has 1 unspecified atom stereocenters. The largest absolute Gasteiger partial charge is 0.466 e. The molecule has 0 aliphatic carbocycles. The molecule has 0 amide bonds. The fourth-order valence-electron chi connectivity index (χ4n) is 0.761. The van der Waals surface area contributed by atoms with Gasteiger partial charge < -0.3 is 9.47 Å². The predicted molar refractivity (Wildman–Crippen MR) is 40.2 cm³/mol. The van der Waals surface area contributed by atoms with E-state index in [-0.39, 0.29) is 12.1 Å². The molecule has 64 valence electrons. The lowest BCUT2D eigenvalue weighted by atomic mass is 10.3. The number of carbonyl (C=O) groups is 1. The summed E-state index contributed by atoms with van der Waals surface area (Å²) in [6, 6.07) is 0. The summed E-state index contributed by atoms with van der Waals surface area (Å²) in [5.74, 6) is -0.124. The number of ether oxygens (including phenoxy) is 2. The van der Waals surface area contributed by atoms with E-state index >= 15 is 0 Å². The third-order valence-electron chi connectivity index (χ3n) is 1.56. The van der Waals surface area contributed by atoms with Crippen molar-refractivity contribution in [3.8, 4) is 0 Å². The highest BCUT2D eigenvalue weighted by Gasteiger charge is 2.26. The monoisotopic (exact) mass is 158 g/mol. The molecule has 0 aromatic rings. The molecule has 0 saturated carbocycles. The Morgan fingerprint density at radius 2 is 2.45 bits per heavy atom. The van der Waals surface area contributed by atoms with Gasteiger partial charge in [0, 0.05) is 0 Å². The van der Waals surface area contributed by atoms with Crippen LogP contribution in [0.15, 0.2) is 0 Å². The summed E-state index contributed by atoms with van der Waals surface area (Å²) in [6.45, 7) is 3.35. The molecule has 1 aliphatic heterocycles. The highest BCUT2D eigenvalue weighted by atomic mass is 16.6. The van der Waals surface area contributed by atoms with Crippen molar-refractivity contribution in [1.82, 2.24) is 0 Å². The predicted octanol–water partition coefficient (Wildman–Crippen LogP) is 1.12. The topological polar surface area (TPSA) is 38.8 Å². The molecule has 0 radical (unpaired) electrons. The zero-order valence-corrected chi connectivity index (χ0v) is 6.84. The third-order valence-corrected chi connectivity index (χ3v) is 1.56. The summed E-state index contributed by atoms with van der Waals surface area (Å²) in [6.07, 6.45) is 2.61. The average Bonchev–Trinajstić information content (AvgIpc) is 2.72. The molecular formula is C8H14O3. The van der Waals surface area contributed by atoms with Crippen LogP contribution < -0.4 is 0 Å². The average molecular weight is 158 g/mol. The first-order valence-corrected chi connectivity index (χ1v) is 4.10. The normalized spacial score (nSPS) is 21.4. The van der Waals surface area contributed by atoms with E-state index in [9.17, 15) is 4.79 Å². The molecule has 11 heavy (non-hydrogen) atoms. The van der Waals surface area contributed by atoms with E-state index in [2.05, 4.69) is 6.92 Å². The Morgan fingerprint density at radius 1 is 1.73 bits per heavy atom. The fourth-order valence-corrected chi connectivity index (χ4v) is 0.761. The molecule has 3 nitrogen and oxygen atoms in total. The lowest BCUT2D eigenvalue weighted by Gasteiger charge is -2.00. The zero-order valence-electron chi connectivity index (χ0n) is 6.84. The van der Waals surface area contributed by atoms with E-state index < -0.39 is 0 Å². The molecule has 0 aromatic carbocycles. The van der Waals surface area contributed by atoms with Crippen molar-refractivity contribution in [1.29, 1.82) is 0 Å². The van der Waals surface area contributed by atoms with Crippen LogP contribution in [0.2, 0.25) is 0 Å². The van der Waals surface area contributed by atoms with Crippen molar-refractivity contribution in [3.05, 3.63) is 0 Å². The smallest absolute Gasteiger partial charge is 0.308 e. The van der Waals surface area contributed by atoms with Gasteiger partial charge in [-0.3, -0.25) is 4.79 Å². The summed E-state index contributed by atoms with van der Waals surface area (Å²) >= 11 is 0. The molecule has 1 rings (SSSR count). The lowest BCUT2D eigenvalue weighted by Crippen LogP contribution is -2.08. The van der Waals surface area contributed by atoms with Gasteiger partial charge >= 0.3 is 5.97 Å². The Morgan fingerprint density at radius 3 is 3.00 bits per heavy atom. The fraction of sp³-hybridized carbons (Fsp3) is 0.875. The van der Waals surface area contributed by atoms with E-state index in [1.54, 1.807) is 0 Å². The molecule has 1 atom stereocenters. The van der Waals surface area contributed by atoms with Crippen LogP contribution in [0.4, 0.5) is 0 Å². The molecule has 1 fully saturated rings. The molecule has 0 bridgehead atoms. The van der Waals surface area contributed by atoms with Gasteiger partial charge in [-0.2, -0.15) is 0 Å². The standard InChI is InChI=1S/C8H14O3/c1-2-3-4-10-8(9)5-7-6-11-7/h7H,2-6H2,1H3. The Kier molecular flexibility index (Phi) is 3.36. The van der Waals surface area contributed by atoms with Crippen LogP contribution in [0, 0.1) is 0 Å². The molecule has 1 saturated heterocycles. The number of unbranched alkanes of at least 4 members (excludes halogenated alkanes) is 1. The van der Waals surface area contributed by atoms with E-state index in [4.69, 9.17) is 9.47 Å². The second-order valence-corrected chi connectivity index (χ2v) is 2.73. The Balaban J connectivity index is 1.92. The minimum absolute atomic E-state index is 0.124. The lowest BCUT2D eigenvalue weighted by molar-refractivity contribution is -0.144. The molecule has 0 N–H and O–H groups in total. The number of epoxide rings is 1. The summed E-state index contributed by atoms with van der Waals surface area (Å²) < 4.78 is 9.80. The number of carbonyl (C=O) groups excluding carboxylic acids is 1. The third kappa shape index (κ3) is 3.98. The first kappa shape index (κ1) is 8.53. The van der Waals surface area contributed by atoms with Crippen LogP contribution in [0.1, 0.15) is 26.2 Å². The summed E-state index contributed by atoms with van der Waals surface area (Å²) in [5, 5.41) is 0. The van der Waals surface area contributed by atoms with Crippen molar-refractivity contribution >= 4 is 5.97 Å². The van der Waals surface area contributed by atoms with Crippen LogP contribution >= 0.6 is 0 Å². The summed E-state index contributed by atoms with van der Waals surface area (Å²) in [4.78, 5) is 10.9. The highest BCUT2D eigenvalue weighted by molar-refractivity contribution is 5.70. The number of rotatable bonds is 5. The summed E-state index contributed by atoms with van der Waals surface area (Å²) in [5.41, 5.74) is 0. The minimum atomic E-state index is -0.124. The SMILES string of the molecule is CCCCOC(=O)CC1CO1. The van der Waals surface area contributed by atoms with Crippen molar-refractivity contribution < 1.29 is 14.3 Å². The maximum absolute atomic E-state index is 10.9. The maximum atomic E-state index is 10.9. The van der Waals surface area contributed by atoms with Gasteiger partial charge in [-0.25, -0.2) is 0 Å². The van der Waals surface area contributed by atoms with E-state index in [0.717, 1.165) is 19.4 Å². The summed E-state index contributed by atoms with van der Waals surface area (Å²) in [7, 11) is 0. The van der Waals surface area contributed by atoms with Crippen molar-refractivity contribution in [2.75, 3.05) is 13.2 Å². The van der Waals surface area contributed by atoms with Crippen LogP contribution in [-0.2, 0) is 14.3 Å². The van der Waals surface area contributed by atoms with Gasteiger partial charge in [-0.05, 0) is 6.42 Å². The first-order chi connectivity index (χ1) is 5.33. The van der Waals surface area contributed by atoms with Gasteiger partial charge in [-0.15, -0.1) is 0 Å². The number of esters is 1. The van der Waals surface area contributed by atoms with Crippen LogP contribution in [0.25, 0.3) is 0 Å². The minimum Gasteiger partial charge on any atom is -0.466 e. The molecule has 1 aliphatic rings. The Labute approximate surface area is 66.7 Å². The molecule has 1 heterocycles. The van der Waals surface area contributed by atoms with Gasteiger partial charge in [0.25, 0.3) is 0 Å². The van der Waals surface area contributed by atoms with Crippen LogP contribution in [-0.4, -0.2) is 25.3 Å². The Hall–Kier alpha value is -0.570. The van der Waals surface area contributed by atoms with Gasteiger partial charge in [0.05, 0.1) is 25.7 Å². The molecule has 0 spiro atoms. The van der Waals surface area contributed by atoms with E-state index in [0.29, 0.717) is 13.0 Å². The van der Waals surface area contributed by atoms with E-state index in [1.165, 1.54) is 0 Å². The van der Waals surface area contributed by atoms with Gasteiger partial charge in [0.1, 0.15) is 0 Å². The number of hydrogen-bond acceptors (Lipinski definition) is 3. The van der Waals surface area contributed by atoms with Crippen LogP contribution in [0.3, 0.4) is 0 Å². The maximum Gasteiger partial charge on any atom is 0.308 e. The number of hydrogen-bond donors (Lipinski definition) is 0. The quantitative estimate of drug-likeness (QED) is 0.342. The van der Waals surface area contributed by atoms with Crippen LogP contribution in [0.5, 0.6) is 0 Å². The van der Waals surface area contributed by atoms with Gasteiger partial charge in [-0.1, -0.05) is 13.3 Å². The second-order valence-electron chi connectivity index (χ2n) is 2.73. The van der Waals surface area contributed by atoms with Crippen molar-refractivity contribution in [2.45, 2.75) is 32.3 Å². The zero-order chi connectivity index (χ0) is 8.10. The molecule has 0 aromatic heterocycles. The Bertz CT molecular complexity index is 129. The van der Waals surface area contributed by atoms with E-state index in [1.807, 2.05) is 0 Å². The van der Waals surface area contributed by atoms with Crippen molar-refractivity contribution in [2.24, 2.45) is 0 Å². The van der Waals surface area contributed by atoms with Gasteiger partial charge in [0.2, 0.25) is 0 Å². The second kappa shape index (κ2) is 4.34. The molecule has 3 heteroatoms. The highest BCUT2D eigenvalue weighted by Crippen LogP contribution is 2.13. The van der Waals surface area contributed by atoms with Gasteiger partial charge in [0.15, 0.2) is 0 Å². The first-order valence-electron chi connectivity index (χ1n) is 4.10.